The van der Waals surface area contributed by atoms with Gasteiger partial charge in [0.15, 0.2) is 0 Å². The molecule has 0 amide bonds. The molecular formula is C14H20NO3+. The molecule has 0 spiro atoms. The van der Waals surface area contributed by atoms with Crippen LogP contribution in [0, 0.1) is 0 Å². The summed E-state index contributed by atoms with van der Waals surface area (Å²) in [7, 11) is 2.17. The maximum atomic E-state index is 11.0. The standard InChI is InChI=1S/C14H20NO3/c1-12(16)18-14-11-15(2,8-9-17-14)10-13-6-4-3-5-7-13/h3-7,14H,8-11H2,1-2H3/q+1. The predicted molar refractivity (Wildman–Crippen MR) is 67.6 cm³/mol. The molecule has 0 aliphatic carbocycles. The highest BCUT2D eigenvalue weighted by molar-refractivity contribution is 5.66. The molecule has 0 radical (unpaired) electrons. The Morgan fingerprint density at radius 1 is 1.44 bits per heavy atom. The minimum atomic E-state index is -0.412. The first-order valence-corrected chi connectivity index (χ1v) is 6.24. The number of benzene rings is 1. The van der Waals surface area contributed by atoms with Crippen LogP contribution in [0.15, 0.2) is 30.3 Å². The van der Waals surface area contributed by atoms with Crippen LogP contribution in [0.1, 0.15) is 12.5 Å². The Kier molecular flexibility index (Phi) is 3.99. The Morgan fingerprint density at radius 3 is 2.83 bits per heavy atom. The van der Waals surface area contributed by atoms with Crippen molar-refractivity contribution in [2.75, 3.05) is 26.7 Å². The minimum Gasteiger partial charge on any atom is -0.430 e. The van der Waals surface area contributed by atoms with Crippen LogP contribution in [0.2, 0.25) is 0 Å². The van der Waals surface area contributed by atoms with E-state index in [2.05, 4.69) is 19.2 Å². The Balaban J connectivity index is 1.99. The zero-order chi connectivity index (χ0) is 13.0. The van der Waals surface area contributed by atoms with Crippen molar-refractivity contribution in [2.45, 2.75) is 19.8 Å². The molecule has 1 aliphatic rings. The van der Waals surface area contributed by atoms with Gasteiger partial charge in [0.25, 0.3) is 6.29 Å². The Morgan fingerprint density at radius 2 is 2.17 bits per heavy atom. The zero-order valence-electron chi connectivity index (χ0n) is 11.0. The topological polar surface area (TPSA) is 35.5 Å². The van der Waals surface area contributed by atoms with Crippen molar-refractivity contribution < 1.29 is 18.8 Å². The van der Waals surface area contributed by atoms with Gasteiger partial charge in [0.05, 0.1) is 7.05 Å². The Labute approximate surface area is 108 Å². The zero-order valence-corrected chi connectivity index (χ0v) is 11.0. The SMILES string of the molecule is CC(=O)OC1C[N+](C)(Cc2ccccc2)CCO1. The van der Waals surface area contributed by atoms with Crippen LogP contribution in [-0.4, -0.2) is 43.5 Å². The van der Waals surface area contributed by atoms with Crippen LogP contribution < -0.4 is 0 Å². The van der Waals surface area contributed by atoms with Crippen LogP contribution in [0.25, 0.3) is 0 Å². The fourth-order valence-corrected chi connectivity index (χ4v) is 2.33. The normalized spacial score (nSPS) is 27.8. The summed E-state index contributed by atoms with van der Waals surface area (Å²) in [5.41, 5.74) is 1.29. The molecule has 1 aliphatic heterocycles. The molecule has 0 saturated carbocycles. The number of quaternary nitrogens is 1. The molecule has 1 heterocycles. The first-order valence-electron chi connectivity index (χ1n) is 6.24. The molecule has 1 aromatic carbocycles. The molecule has 2 rings (SSSR count). The molecule has 1 aromatic rings. The van der Waals surface area contributed by atoms with Gasteiger partial charge in [0.1, 0.15) is 26.2 Å². The predicted octanol–water partition coefficient (Wildman–Crippen LogP) is 1.55. The number of ether oxygens (including phenoxy) is 2. The number of morpholine rings is 1. The van der Waals surface area contributed by atoms with Crippen molar-refractivity contribution in [3.05, 3.63) is 35.9 Å². The number of rotatable bonds is 3. The van der Waals surface area contributed by atoms with Gasteiger partial charge in [-0.3, -0.25) is 4.79 Å². The number of carbonyl (C=O) groups is 1. The lowest BCUT2D eigenvalue weighted by Crippen LogP contribution is -2.55. The van der Waals surface area contributed by atoms with E-state index in [-0.39, 0.29) is 5.97 Å². The fraction of sp³-hybridized carbons (Fsp3) is 0.500. The second-order valence-electron chi connectivity index (χ2n) is 5.08. The number of esters is 1. The van der Waals surface area contributed by atoms with E-state index >= 15 is 0 Å². The summed E-state index contributed by atoms with van der Waals surface area (Å²) in [5.74, 6) is -0.284. The quantitative estimate of drug-likeness (QED) is 0.603. The van der Waals surface area contributed by atoms with E-state index < -0.39 is 6.29 Å². The average molecular weight is 250 g/mol. The van der Waals surface area contributed by atoms with Crippen molar-refractivity contribution >= 4 is 5.97 Å². The highest BCUT2D eigenvalue weighted by atomic mass is 16.7. The first-order chi connectivity index (χ1) is 8.57. The summed E-state index contributed by atoms with van der Waals surface area (Å²) < 4.78 is 11.4. The van der Waals surface area contributed by atoms with E-state index in [9.17, 15) is 4.79 Å². The molecule has 2 unspecified atom stereocenters. The molecule has 0 aromatic heterocycles. The van der Waals surface area contributed by atoms with E-state index in [4.69, 9.17) is 9.47 Å². The van der Waals surface area contributed by atoms with Crippen molar-refractivity contribution in [3.63, 3.8) is 0 Å². The number of hydrogen-bond donors (Lipinski definition) is 0. The Hall–Kier alpha value is -1.39. The van der Waals surface area contributed by atoms with Gasteiger partial charge >= 0.3 is 5.97 Å². The van der Waals surface area contributed by atoms with E-state index in [1.807, 2.05) is 18.2 Å². The van der Waals surface area contributed by atoms with E-state index in [0.29, 0.717) is 13.2 Å². The van der Waals surface area contributed by atoms with Crippen LogP contribution >= 0.6 is 0 Å². The average Bonchev–Trinajstić information content (AvgIpc) is 2.28. The third-order valence-corrected chi connectivity index (χ3v) is 3.23. The minimum absolute atomic E-state index is 0.284. The molecule has 4 nitrogen and oxygen atoms in total. The fourth-order valence-electron chi connectivity index (χ4n) is 2.33. The lowest BCUT2D eigenvalue weighted by molar-refractivity contribution is -0.935. The van der Waals surface area contributed by atoms with E-state index in [1.54, 1.807) is 0 Å². The lowest BCUT2D eigenvalue weighted by Gasteiger charge is -2.40. The maximum absolute atomic E-state index is 11.0. The summed E-state index contributed by atoms with van der Waals surface area (Å²) in [6.07, 6.45) is -0.412. The van der Waals surface area contributed by atoms with Crippen LogP contribution in [0.5, 0.6) is 0 Å². The van der Waals surface area contributed by atoms with Crippen molar-refractivity contribution in [1.29, 1.82) is 0 Å². The smallest absolute Gasteiger partial charge is 0.305 e. The Bertz CT molecular complexity index is 407. The second kappa shape index (κ2) is 5.50. The summed E-state index contributed by atoms with van der Waals surface area (Å²) in [6, 6.07) is 10.4. The second-order valence-corrected chi connectivity index (χ2v) is 5.08. The highest BCUT2D eigenvalue weighted by Gasteiger charge is 2.33. The molecule has 0 bridgehead atoms. The van der Waals surface area contributed by atoms with Gasteiger partial charge < -0.3 is 14.0 Å². The molecule has 1 fully saturated rings. The number of hydrogen-bond acceptors (Lipinski definition) is 3. The highest BCUT2D eigenvalue weighted by Crippen LogP contribution is 2.18. The van der Waals surface area contributed by atoms with Gasteiger partial charge in [-0.1, -0.05) is 30.3 Å². The van der Waals surface area contributed by atoms with Crippen LogP contribution in [0.4, 0.5) is 0 Å². The van der Waals surface area contributed by atoms with Gasteiger partial charge in [0, 0.05) is 12.5 Å². The molecule has 18 heavy (non-hydrogen) atoms. The van der Waals surface area contributed by atoms with Crippen LogP contribution in [-0.2, 0) is 20.8 Å². The van der Waals surface area contributed by atoms with Gasteiger partial charge in [-0.25, -0.2) is 0 Å². The molecule has 2 atom stereocenters. The number of likely N-dealkylation sites (N-methyl/N-ethyl adjacent to an activating group) is 1. The van der Waals surface area contributed by atoms with Crippen molar-refractivity contribution in [1.82, 2.24) is 0 Å². The first kappa shape index (κ1) is 13.1. The van der Waals surface area contributed by atoms with Gasteiger partial charge in [0.2, 0.25) is 0 Å². The monoisotopic (exact) mass is 250 g/mol. The largest absolute Gasteiger partial charge is 0.430 e. The number of carbonyl (C=O) groups excluding carboxylic acids is 1. The summed E-state index contributed by atoms with van der Waals surface area (Å²) >= 11 is 0. The van der Waals surface area contributed by atoms with Crippen molar-refractivity contribution in [2.24, 2.45) is 0 Å². The summed E-state index contributed by atoms with van der Waals surface area (Å²) in [4.78, 5) is 11.0. The maximum Gasteiger partial charge on any atom is 0.305 e. The third kappa shape index (κ3) is 3.55. The van der Waals surface area contributed by atoms with E-state index in [0.717, 1.165) is 17.6 Å². The molecular weight excluding hydrogens is 230 g/mol. The summed E-state index contributed by atoms with van der Waals surface area (Å²) in [6.45, 7) is 4.61. The molecule has 0 N–H and O–H groups in total. The molecule has 98 valence electrons. The van der Waals surface area contributed by atoms with Crippen LogP contribution in [0.3, 0.4) is 0 Å². The van der Waals surface area contributed by atoms with Crippen molar-refractivity contribution in [3.8, 4) is 0 Å². The summed E-state index contributed by atoms with van der Waals surface area (Å²) in [5, 5.41) is 0. The molecule has 4 heteroatoms. The third-order valence-electron chi connectivity index (χ3n) is 3.23. The van der Waals surface area contributed by atoms with E-state index in [1.165, 1.54) is 12.5 Å². The van der Waals surface area contributed by atoms with Gasteiger partial charge in [-0.15, -0.1) is 0 Å². The van der Waals surface area contributed by atoms with Gasteiger partial charge in [-0.05, 0) is 0 Å². The van der Waals surface area contributed by atoms with Gasteiger partial charge in [-0.2, -0.15) is 0 Å². The molecule has 1 saturated heterocycles. The lowest BCUT2D eigenvalue weighted by atomic mass is 10.2. The number of nitrogens with zero attached hydrogens (tertiary/aromatic N) is 1.